The van der Waals surface area contributed by atoms with E-state index in [1.807, 2.05) is 0 Å². The molecule has 18 heavy (non-hydrogen) atoms. The van der Waals surface area contributed by atoms with Crippen molar-refractivity contribution in [1.29, 1.82) is 0 Å². The van der Waals surface area contributed by atoms with Crippen LogP contribution >= 0.6 is 11.6 Å². The quantitative estimate of drug-likeness (QED) is 0.835. The van der Waals surface area contributed by atoms with Gasteiger partial charge in [0.15, 0.2) is 0 Å². The molecule has 0 spiro atoms. The largest absolute Gasteiger partial charge is 0.349 e. The number of pyridine rings is 1. The topological polar surface area (TPSA) is 42.0 Å². The molecule has 0 aromatic carbocycles. The first-order chi connectivity index (χ1) is 8.56. The molecule has 1 aromatic rings. The van der Waals surface area contributed by atoms with Crippen LogP contribution in [0.1, 0.15) is 43.5 Å². The summed E-state index contributed by atoms with van der Waals surface area (Å²) in [4.78, 5) is 16.0. The summed E-state index contributed by atoms with van der Waals surface area (Å²) in [5.41, 5.74) is 0.584. The van der Waals surface area contributed by atoms with E-state index in [4.69, 9.17) is 11.6 Å². The number of carbonyl (C=O) groups excluding carboxylic acids is 1. The van der Waals surface area contributed by atoms with Gasteiger partial charge in [0, 0.05) is 17.8 Å². The van der Waals surface area contributed by atoms with Gasteiger partial charge >= 0.3 is 0 Å². The van der Waals surface area contributed by atoms with E-state index >= 15 is 0 Å². The lowest BCUT2D eigenvalue weighted by Crippen LogP contribution is -2.42. The number of hydrogen-bond acceptors (Lipinski definition) is 2. The molecule has 0 radical (unpaired) electrons. The molecule has 4 heteroatoms. The van der Waals surface area contributed by atoms with Crippen LogP contribution in [-0.4, -0.2) is 16.9 Å². The van der Waals surface area contributed by atoms with E-state index in [1.54, 1.807) is 18.3 Å². The summed E-state index contributed by atoms with van der Waals surface area (Å²) in [5.74, 6) is 1.25. The summed E-state index contributed by atoms with van der Waals surface area (Å²) in [5, 5.41) is 3.46. The van der Waals surface area contributed by atoms with Crippen LogP contribution < -0.4 is 5.32 Å². The van der Waals surface area contributed by atoms with E-state index in [-0.39, 0.29) is 11.9 Å². The summed E-state index contributed by atoms with van der Waals surface area (Å²) in [6.07, 6.45) is 4.99. The van der Waals surface area contributed by atoms with E-state index in [0.717, 1.165) is 12.3 Å². The molecule has 3 nitrogen and oxygen atoms in total. The number of carbonyl (C=O) groups is 1. The minimum absolute atomic E-state index is 0.0503. The van der Waals surface area contributed by atoms with Crippen LogP contribution in [0.2, 0.25) is 5.15 Å². The molecule has 1 aromatic heterocycles. The van der Waals surface area contributed by atoms with Gasteiger partial charge < -0.3 is 5.32 Å². The van der Waals surface area contributed by atoms with Gasteiger partial charge in [-0.25, -0.2) is 4.98 Å². The van der Waals surface area contributed by atoms with Gasteiger partial charge in [0.25, 0.3) is 5.91 Å². The normalized spacial score (nSPS) is 27.8. The second kappa shape index (κ2) is 5.70. The molecule has 1 N–H and O–H groups in total. The van der Waals surface area contributed by atoms with E-state index in [1.165, 1.54) is 12.8 Å². The first-order valence-corrected chi connectivity index (χ1v) is 6.86. The van der Waals surface area contributed by atoms with Gasteiger partial charge in [-0.3, -0.25) is 4.79 Å². The first-order valence-electron chi connectivity index (χ1n) is 6.48. The number of hydrogen-bond donors (Lipinski definition) is 1. The van der Waals surface area contributed by atoms with Crippen molar-refractivity contribution in [3.05, 3.63) is 29.0 Å². The van der Waals surface area contributed by atoms with Crippen LogP contribution in [0, 0.1) is 11.8 Å². The van der Waals surface area contributed by atoms with Crippen LogP contribution in [-0.2, 0) is 0 Å². The summed E-state index contributed by atoms with van der Waals surface area (Å²) >= 11 is 5.79. The summed E-state index contributed by atoms with van der Waals surface area (Å²) in [7, 11) is 0. The van der Waals surface area contributed by atoms with Crippen molar-refractivity contribution in [2.75, 3.05) is 0 Å². The summed E-state index contributed by atoms with van der Waals surface area (Å²) < 4.78 is 0. The Balaban J connectivity index is 1.99. The molecular formula is C14H19ClN2O. The second-order valence-electron chi connectivity index (χ2n) is 5.34. The summed E-state index contributed by atoms with van der Waals surface area (Å²) in [6, 6.07) is 3.57. The van der Waals surface area contributed by atoms with Crippen molar-refractivity contribution in [2.24, 2.45) is 11.8 Å². The van der Waals surface area contributed by atoms with Crippen molar-refractivity contribution >= 4 is 17.5 Å². The standard InChI is InChI=1S/C14H19ClN2O/c1-9-3-4-12(10(2)7-9)17-14(18)11-5-6-16-13(15)8-11/h5-6,8-10,12H,3-4,7H2,1-2H3,(H,17,18). The van der Waals surface area contributed by atoms with Crippen molar-refractivity contribution in [3.63, 3.8) is 0 Å². The average Bonchev–Trinajstić information content (AvgIpc) is 2.32. The molecule has 3 atom stereocenters. The van der Waals surface area contributed by atoms with Crippen molar-refractivity contribution in [3.8, 4) is 0 Å². The van der Waals surface area contributed by atoms with Crippen molar-refractivity contribution in [1.82, 2.24) is 10.3 Å². The Bertz CT molecular complexity index is 436. The van der Waals surface area contributed by atoms with E-state index < -0.39 is 0 Å². The fourth-order valence-corrected chi connectivity index (χ4v) is 2.85. The highest BCUT2D eigenvalue weighted by Gasteiger charge is 2.26. The minimum Gasteiger partial charge on any atom is -0.349 e. The lowest BCUT2D eigenvalue weighted by Gasteiger charge is -2.33. The van der Waals surface area contributed by atoms with E-state index in [9.17, 15) is 4.79 Å². The number of nitrogens with zero attached hydrogens (tertiary/aromatic N) is 1. The second-order valence-corrected chi connectivity index (χ2v) is 5.73. The van der Waals surface area contributed by atoms with Gasteiger partial charge in [-0.05, 0) is 43.2 Å². The van der Waals surface area contributed by atoms with Gasteiger partial charge in [0.2, 0.25) is 0 Å². The lowest BCUT2D eigenvalue weighted by molar-refractivity contribution is 0.0899. The van der Waals surface area contributed by atoms with Crippen LogP contribution in [0.25, 0.3) is 0 Å². The molecule has 1 heterocycles. The molecule has 3 unspecified atom stereocenters. The molecule has 2 rings (SSSR count). The third-order valence-corrected chi connectivity index (χ3v) is 3.94. The molecule has 0 saturated heterocycles. The number of halogens is 1. The van der Waals surface area contributed by atoms with E-state index in [2.05, 4.69) is 24.1 Å². The predicted molar refractivity (Wildman–Crippen MR) is 72.7 cm³/mol. The fourth-order valence-electron chi connectivity index (χ4n) is 2.68. The lowest BCUT2D eigenvalue weighted by atomic mass is 9.80. The Morgan fingerprint density at radius 3 is 2.89 bits per heavy atom. The van der Waals surface area contributed by atoms with Crippen molar-refractivity contribution in [2.45, 2.75) is 39.2 Å². The van der Waals surface area contributed by atoms with Crippen LogP contribution in [0.5, 0.6) is 0 Å². The van der Waals surface area contributed by atoms with Gasteiger partial charge in [-0.15, -0.1) is 0 Å². The SMILES string of the molecule is CC1CCC(NC(=O)c2ccnc(Cl)c2)C(C)C1. The fraction of sp³-hybridized carbons (Fsp3) is 0.571. The maximum Gasteiger partial charge on any atom is 0.251 e. The molecule has 1 amide bonds. The van der Waals surface area contributed by atoms with Gasteiger partial charge in [-0.1, -0.05) is 25.4 Å². The zero-order valence-electron chi connectivity index (χ0n) is 10.8. The molecule has 1 aliphatic carbocycles. The third kappa shape index (κ3) is 3.22. The molecular weight excluding hydrogens is 248 g/mol. The highest BCUT2D eigenvalue weighted by atomic mass is 35.5. The highest BCUT2D eigenvalue weighted by Crippen LogP contribution is 2.28. The van der Waals surface area contributed by atoms with Gasteiger partial charge in [0.1, 0.15) is 5.15 Å². The zero-order chi connectivity index (χ0) is 13.1. The van der Waals surface area contributed by atoms with Crippen LogP contribution in [0.3, 0.4) is 0 Å². The van der Waals surface area contributed by atoms with E-state index in [0.29, 0.717) is 16.6 Å². The number of amides is 1. The monoisotopic (exact) mass is 266 g/mol. The molecule has 0 bridgehead atoms. The molecule has 0 aliphatic heterocycles. The average molecular weight is 267 g/mol. The number of rotatable bonds is 2. The zero-order valence-corrected chi connectivity index (χ0v) is 11.6. The van der Waals surface area contributed by atoms with Crippen LogP contribution in [0.4, 0.5) is 0 Å². The Morgan fingerprint density at radius 2 is 2.22 bits per heavy atom. The summed E-state index contributed by atoms with van der Waals surface area (Å²) in [6.45, 7) is 4.48. The molecule has 98 valence electrons. The molecule has 1 aliphatic rings. The van der Waals surface area contributed by atoms with Crippen LogP contribution in [0.15, 0.2) is 18.3 Å². The molecule has 1 saturated carbocycles. The van der Waals surface area contributed by atoms with Gasteiger partial charge in [0.05, 0.1) is 0 Å². The number of nitrogens with one attached hydrogen (secondary N) is 1. The first kappa shape index (κ1) is 13.3. The highest BCUT2D eigenvalue weighted by molar-refractivity contribution is 6.29. The maximum absolute atomic E-state index is 12.1. The molecule has 1 fully saturated rings. The smallest absolute Gasteiger partial charge is 0.251 e. The Hall–Kier alpha value is -1.09. The minimum atomic E-state index is -0.0503. The Morgan fingerprint density at radius 1 is 1.44 bits per heavy atom. The maximum atomic E-state index is 12.1. The Labute approximate surface area is 113 Å². The van der Waals surface area contributed by atoms with Gasteiger partial charge in [-0.2, -0.15) is 0 Å². The Kier molecular flexibility index (Phi) is 4.23. The van der Waals surface area contributed by atoms with Crippen molar-refractivity contribution < 1.29 is 4.79 Å². The third-order valence-electron chi connectivity index (χ3n) is 3.74. The number of aromatic nitrogens is 1. The predicted octanol–water partition coefficient (Wildman–Crippen LogP) is 3.29.